The Balaban J connectivity index is 3.80. The van der Waals surface area contributed by atoms with E-state index in [0.717, 1.165) is 19.3 Å². The molecule has 0 fully saturated rings. The second-order valence-corrected chi connectivity index (χ2v) is 10.7. The van der Waals surface area contributed by atoms with Crippen LogP contribution in [0.5, 0.6) is 0 Å². The van der Waals surface area contributed by atoms with Crippen molar-refractivity contribution in [2.24, 2.45) is 0 Å². The van der Waals surface area contributed by atoms with Crippen LogP contribution in [0, 0.1) is 0 Å². The summed E-state index contributed by atoms with van der Waals surface area (Å²) in [5.41, 5.74) is -1.72. The van der Waals surface area contributed by atoms with E-state index in [4.69, 9.17) is 14.6 Å². The summed E-state index contributed by atoms with van der Waals surface area (Å²) >= 11 is 0. The molecule has 0 aliphatic carbocycles. The van der Waals surface area contributed by atoms with Crippen molar-refractivity contribution in [3.05, 3.63) is 0 Å². The first-order valence-corrected chi connectivity index (χ1v) is 14.6. The summed E-state index contributed by atoms with van der Waals surface area (Å²) in [6, 6.07) is 0. The molecular formula is C29H60O6. The average Bonchev–Trinajstić information content (AvgIpc) is 2.85. The largest absolute Gasteiger partial charge is 0.394 e. The molecule has 35 heavy (non-hydrogen) atoms. The van der Waals surface area contributed by atoms with E-state index in [9.17, 15) is 15.3 Å². The molecule has 0 aromatic heterocycles. The Hall–Kier alpha value is -0.240. The van der Waals surface area contributed by atoms with Crippen LogP contribution in [0.4, 0.5) is 0 Å². The Bertz CT molecular complexity index is 445. The SMILES string of the molecule is CCCCCCCCCCCCCCCCCCC(CC(O)C(C)(O)C(O)C(C)OCCO)OC. The second kappa shape index (κ2) is 22.9. The third-order valence-electron chi connectivity index (χ3n) is 7.39. The third-order valence-corrected chi connectivity index (χ3v) is 7.39. The summed E-state index contributed by atoms with van der Waals surface area (Å²) in [7, 11) is 1.63. The molecule has 4 N–H and O–H groups in total. The van der Waals surface area contributed by atoms with Crippen molar-refractivity contribution in [3.8, 4) is 0 Å². The first-order chi connectivity index (χ1) is 16.8. The summed E-state index contributed by atoms with van der Waals surface area (Å²) in [6.07, 6.45) is 19.1. The highest BCUT2D eigenvalue weighted by Gasteiger charge is 2.42. The fourth-order valence-electron chi connectivity index (χ4n) is 4.74. The van der Waals surface area contributed by atoms with Crippen molar-refractivity contribution >= 4 is 0 Å². The average molecular weight is 505 g/mol. The van der Waals surface area contributed by atoms with Gasteiger partial charge in [-0.25, -0.2) is 0 Å². The van der Waals surface area contributed by atoms with E-state index >= 15 is 0 Å². The Morgan fingerprint density at radius 2 is 1.17 bits per heavy atom. The standard InChI is InChI=1S/C29H60O6/c1-5-6-7-8-9-10-11-12-13-14-15-16-17-18-19-20-21-26(34-4)24-27(31)29(3,33)28(32)25(2)35-23-22-30/h25-28,30-33H,5-24H2,1-4H3. The van der Waals surface area contributed by atoms with Crippen LogP contribution in [0.25, 0.3) is 0 Å². The smallest absolute Gasteiger partial charge is 0.116 e. The molecule has 6 nitrogen and oxygen atoms in total. The van der Waals surface area contributed by atoms with E-state index in [-0.39, 0.29) is 25.7 Å². The topological polar surface area (TPSA) is 99.4 Å². The lowest BCUT2D eigenvalue weighted by Crippen LogP contribution is -2.55. The fraction of sp³-hybridized carbons (Fsp3) is 1.00. The van der Waals surface area contributed by atoms with Gasteiger partial charge in [-0.05, 0) is 20.3 Å². The van der Waals surface area contributed by atoms with Gasteiger partial charge in [0.1, 0.15) is 11.7 Å². The molecule has 0 heterocycles. The second-order valence-electron chi connectivity index (χ2n) is 10.7. The van der Waals surface area contributed by atoms with Crippen LogP contribution in [0.2, 0.25) is 0 Å². The summed E-state index contributed by atoms with van der Waals surface area (Å²) in [6.45, 7) is 5.22. The van der Waals surface area contributed by atoms with Gasteiger partial charge in [0, 0.05) is 13.5 Å². The van der Waals surface area contributed by atoms with Gasteiger partial charge in [-0.2, -0.15) is 0 Å². The van der Waals surface area contributed by atoms with Gasteiger partial charge in [0.05, 0.1) is 31.5 Å². The molecule has 0 spiro atoms. The summed E-state index contributed by atoms with van der Waals surface area (Å²) in [5.74, 6) is 0. The molecular weight excluding hydrogens is 444 g/mol. The minimum Gasteiger partial charge on any atom is -0.394 e. The van der Waals surface area contributed by atoms with Crippen LogP contribution in [-0.2, 0) is 9.47 Å². The van der Waals surface area contributed by atoms with E-state index in [1.54, 1.807) is 14.0 Å². The molecule has 0 bridgehead atoms. The molecule has 0 aromatic rings. The summed E-state index contributed by atoms with van der Waals surface area (Å²) in [4.78, 5) is 0. The highest BCUT2D eigenvalue weighted by atomic mass is 16.5. The number of ether oxygens (including phenoxy) is 2. The van der Waals surface area contributed by atoms with E-state index in [1.165, 1.54) is 96.8 Å². The highest BCUT2D eigenvalue weighted by Crippen LogP contribution is 2.25. The molecule has 212 valence electrons. The Morgan fingerprint density at radius 1 is 0.743 bits per heavy atom. The molecule has 0 aliphatic rings. The van der Waals surface area contributed by atoms with Gasteiger partial charge in [0.25, 0.3) is 0 Å². The van der Waals surface area contributed by atoms with Gasteiger partial charge >= 0.3 is 0 Å². The van der Waals surface area contributed by atoms with E-state index in [2.05, 4.69) is 6.92 Å². The maximum absolute atomic E-state index is 10.7. The lowest BCUT2D eigenvalue weighted by molar-refractivity contribution is -0.182. The van der Waals surface area contributed by atoms with Gasteiger partial charge in [-0.3, -0.25) is 0 Å². The fourth-order valence-corrected chi connectivity index (χ4v) is 4.74. The molecule has 5 atom stereocenters. The number of hydrogen-bond acceptors (Lipinski definition) is 6. The Kier molecular flexibility index (Phi) is 22.8. The van der Waals surface area contributed by atoms with Crippen LogP contribution < -0.4 is 0 Å². The van der Waals surface area contributed by atoms with Crippen molar-refractivity contribution in [3.63, 3.8) is 0 Å². The van der Waals surface area contributed by atoms with Crippen LogP contribution in [-0.4, -0.2) is 70.8 Å². The van der Waals surface area contributed by atoms with Crippen molar-refractivity contribution < 1.29 is 29.9 Å². The molecule has 6 heteroatoms. The first-order valence-electron chi connectivity index (χ1n) is 14.6. The van der Waals surface area contributed by atoms with Crippen LogP contribution in [0.3, 0.4) is 0 Å². The predicted molar refractivity (Wildman–Crippen MR) is 145 cm³/mol. The maximum atomic E-state index is 10.7. The number of aliphatic hydroxyl groups excluding tert-OH is 3. The molecule has 0 aliphatic heterocycles. The summed E-state index contributed by atoms with van der Waals surface area (Å²) in [5, 5.41) is 40.5. The molecule has 0 amide bonds. The lowest BCUT2D eigenvalue weighted by atomic mass is 9.85. The Labute approximate surface area is 216 Å². The molecule has 5 unspecified atom stereocenters. The normalized spacial score (nSPS) is 17.1. The predicted octanol–water partition coefficient (Wildman–Crippen LogP) is 5.91. The number of rotatable bonds is 26. The number of methoxy groups -OCH3 is 1. The molecule has 0 saturated carbocycles. The van der Waals surface area contributed by atoms with E-state index < -0.39 is 23.9 Å². The molecule has 0 rings (SSSR count). The first kappa shape index (κ1) is 34.8. The zero-order valence-corrected chi connectivity index (χ0v) is 23.6. The molecule has 0 aromatic carbocycles. The number of unbranched alkanes of at least 4 members (excludes halogenated alkanes) is 15. The van der Waals surface area contributed by atoms with Crippen LogP contribution >= 0.6 is 0 Å². The number of aliphatic hydroxyl groups is 4. The van der Waals surface area contributed by atoms with E-state index in [1.807, 2.05) is 0 Å². The van der Waals surface area contributed by atoms with Crippen molar-refractivity contribution in [2.75, 3.05) is 20.3 Å². The maximum Gasteiger partial charge on any atom is 0.116 e. The minimum absolute atomic E-state index is 0.0738. The number of hydrogen-bond donors (Lipinski definition) is 4. The van der Waals surface area contributed by atoms with Gasteiger partial charge in [-0.15, -0.1) is 0 Å². The van der Waals surface area contributed by atoms with Crippen LogP contribution in [0.1, 0.15) is 136 Å². The van der Waals surface area contributed by atoms with Gasteiger partial charge in [0.2, 0.25) is 0 Å². The lowest BCUT2D eigenvalue weighted by Gasteiger charge is -2.37. The molecule has 0 saturated heterocycles. The van der Waals surface area contributed by atoms with Crippen molar-refractivity contribution in [1.29, 1.82) is 0 Å². The van der Waals surface area contributed by atoms with Crippen molar-refractivity contribution in [1.82, 2.24) is 0 Å². The van der Waals surface area contributed by atoms with Gasteiger partial charge in [-0.1, -0.05) is 110 Å². The highest BCUT2D eigenvalue weighted by molar-refractivity contribution is 4.93. The van der Waals surface area contributed by atoms with Crippen molar-refractivity contribution in [2.45, 2.75) is 166 Å². The Morgan fingerprint density at radius 3 is 1.57 bits per heavy atom. The van der Waals surface area contributed by atoms with Gasteiger partial charge < -0.3 is 29.9 Å². The van der Waals surface area contributed by atoms with Crippen LogP contribution in [0.15, 0.2) is 0 Å². The zero-order chi connectivity index (χ0) is 26.4. The zero-order valence-electron chi connectivity index (χ0n) is 23.6. The summed E-state index contributed by atoms with van der Waals surface area (Å²) < 4.78 is 10.8. The monoisotopic (exact) mass is 504 g/mol. The van der Waals surface area contributed by atoms with E-state index in [0.29, 0.717) is 0 Å². The third kappa shape index (κ3) is 17.8. The van der Waals surface area contributed by atoms with Gasteiger partial charge in [0.15, 0.2) is 0 Å². The minimum atomic E-state index is -1.72. The quantitative estimate of drug-likeness (QED) is 0.109. The molecule has 0 radical (unpaired) electrons.